The maximum Gasteiger partial charge on any atom is 0.573 e. The number of aromatic nitrogens is 2. The third-order valence-electron chi connectivity index (χ3n) is 2.36. The third-order valence-corrected chi connectivity index (χ3v) is 2.36. The molecular formula is C12H9F3N2O3. The maximum absolute atomic E-state index is 12.0. The third kappa shape index (κ3) is 3.08. The van der Waals surface area contributed by atoms with Gasteiger partial charge in [0.05, 0.1) is 18.4 Å². The Morgan fingerprint density at radius 2 is 1.90 bits per heavy atom. The summed E-state index contributed by atoms with van der Waals surface area (Å²) < 4.78 is 46.0. The van der Waals surface area contributed by atoms with E-state index >= 15 is 0 Å². The van der Waals surface area contributed by atoms with Crippen LogP contribution < -0.4 is 9.47 Å². The molecular weight excluding hydrogens is 277 g/mol. The van der Waals surface area contributed by atoms with Gasteiger partial charge in [-0.25, -0.2) is 4.68 Å². The van der Waals surface area contributed by atoms with E-state index in [1.807, 2.05) is 0 Å². The molecule has 0 aliphatic heterocycles. The second-order valence-corrected chi connectivity index (χ2v) is 3.70. The molecule has 0 spiro atoms. The van der Waals surface area contributed by atoms with Crippen LogP contribution in [0.3, 0.4) is 0 Å². The van der Waals surface area contributed by atoms with E-state index in [0.29, 0.717) is 12.0 Å². The van der Waals surface area contributed by atoms with E-state index in [2.05, 4.69) is 9.84 Å². The summed E-state index contributed by atoms with van der Waals surface area (Å²) in [4.78, 5) is 10.8. The van der Waals surface area contributed by atoms with Gasteiger partial charge in [-0.2, -0.15) is 0 Å². The second-order valence-electron chi connectivity index (χ2n) is 3.70. The van der Waals surface area contributed by atoms with Crippen LogP contribution in [-0.4, -0.2) is 29.5 Å². The molecule has 20 heavy (non-hydrogen) atoms. The van der Waals surface area contributed by atoms with Gasteiger partial charge in [0.2, 0.25) is 5.88 Å². The van der Waals surface area contributed by atoms with E-state index < -0.39 is 6.36 Å². The number of nitrogens with zero attached hydrogens (tertiary/aromatic N) is 2. The van der Waals surface area contributed by atoms with Crippen molar-refractivity contribution in [3.05, 3.63) is 36.0 Å². The Labute approximate surface area is 111 Å². The standard InChI is InChI=1S/C12H9F3N2O3/c1-19-11-8(7-18)6-17(16-11)9-2-4-10(5-3-9)20-12(13,14)15/h2-7H,1H3. The maximum atomic E-state index is 12.0. The van der Waals surface area contributed by atoms with E-state index in [0.717, 1.165) is 12.1 Å². The van der Waals surface area contributed by atoms with Crippen molar-refractivity contribution in [2.24, 2.45) is 0 Å². The molecule has 5 nitrogen and oxygen atoms in total. The van der Waals surface area contributed by atoms with Crippen molar-refractivity contribution in [3.8, 4) is 17.3 Å². The summed E-state index contributed by atoms with van der Waals surface area (Å²) in [7, 11) is 1.36. The van der Waals surface area contributed by atoms with E-state index in [9.17, 15) is 18.0 Å². The fourth-order valence-electron chi connectivity index (χ4n) is 1.54. The molecule has 0 amide bonds. The topological polar surface area (TPSA) is 53.4 Å². The molecule has 0 radical (unpaired) electrons. The largest absolute Gasteiger partial charge is 0.573 e. The van der Waals surface area contributed by atoms with Crippen molar-refractivity contribution in [3.63, 3.8) is 0 Å². The van der Waals surface area contributed by atoms with Crippen LogP contribution >= 0.6 is 0 Å². The molecule has 0 atom stereocenters. The van der Waals surface area contributed by atoms with Crippen molar-refractivity contribution < 1.29 is 27.4 Å². The molecule has 2 rings (SSSR count). The number of methoxy groups -OCH3 is 1. The molecule has 0 N–H and O–H groups in total. The zero-order chi connectivity index (χ0) is 14.8. The second kappa shape index (κ2) is 5.24. The lowest BCUT2D eigenvalue weighted by molar-refractivity contribution is -0.274. The molecule has 106 valence electrons. The number of hydrogen-bond acceptors (Lipinski definition) is 4. The minimum Gasteiger partial charge on any atom is -0.479 e. The number of benzene rings is 1. The monoisotopic (exact) mass is 286 g/mol. The summed E-state index contributed by atoms with van der Waals surface area (Å²) in [5.74, 6) is -0.202. The fourth-order valence-corrected chi connectivity index (χ4v) is 1.54. The summed E-state index contributed by atoms with van der Waals surface area (Å²) in [5.41, 5.74) is 0.703. The lowest BCUT2D eigenvalue weighted by Gasteiger charge is -2.09. The number of carbonyl (C=O) groups excluding carboxylic acids is 1. The van der Waals surface area contributed by atoms with Crippen molar-refractivity contribution >= 4 is 6.29 Å². The predicted molar refractivity (Wildman–Crippen MR) is 62.2 cm³/mol. The molecule has 8 heteroatoms. The van der Waals surface area contributed by atoms with Gasteiger partial charge in [0.15, 0.2) is 6.29 Å². The molecule has 0 fully saturated rings. The summed E-state index contributed by atoms with van der Waals surface area (Å²) in [6.45, 7) is 0. The highest BCUT2D eigenvalue weighted by atomic mass is 19.4. The Balaban J connectivity index is 2.26. The van der Waals surface area contributed by atoms with Crippen molar-refractivity contribution in [1.82, 2.24) is 9.78 Å². The SMILES string of the molecule is COc1nn(-c2ccc(OC(F)(F)F)cc2)cc1C=O. The zero-order valence-electron chi connectivity index (χ0n) is 10.2. The summed E-state index contributed by atoms with van der Waals surface area (Å²) >= 11 is 0. The highest BCUT2D eigenvalue weighted by Gasteiger charge is 2.30. The number of hydrogen-bond donors (Lipinski definition) is 0. The smallest absolute Gasteiger partial charge is 0.479 e. The Kier molecular flexibility index (Phi) is 3.64. The number of alkyl halides is 3. The molecule has 0 aliphatic rings. The van der Waals surface area contributed by atoms with Crippen LogP contribution in [0.2, 0.25) is 0 Å². The Morgan fingerprint density at radius 1 is 1.25 bits per heavy atom. The highest BCUT2D eigenvalue weighted by Crippen LogP contribution is 2.24. The average molecular weight is 286 g/mol. The normalized spacial score (nSPS) is 11.2. The van der Waals surface area contributed by atoms with Crippen LogP contribution in [0, 0.1) is 0 Å². The van der Waals surface area contributed by atoms with E-state index in [-0.39, 0.29) is 17.2 Å². The first-order valence-corrected chi connectivity index (χ1v) is 5.38. The van der Waals surface area contributed by atoms with Gasteiger partial charge in [0.1, 0.15) is 5.75 Å². The van der Waals surface area contributed by atoms with Gasteiger partial charge in [-0.1, -0.05) is 0 Å². The first kappa shape index (κ1) is 13.9. The van der Waals surface area contributed by atoms with E-state index in [1.54, 1.807) is 0 Å². The van der Waals surface area contributed by atoms with Gasteiger partial charge < -0.3 is 9.47 Å². The van der Waals surface area contributed by atoms with Crippen molar-refractivity contribution in [2.45, 2.75) is 6.36 Å². The van der Waals surface area contributed by atoms with Crippen LogP contribution in [0.25, 0.3) is 5.69 Å². The van der Waals surface area contributed by atoms with Gasteiger partial charge in [-0.3, -0.25) is 4.79 Å². The van der Waals surface area contributed by atoms with Crippen LogP contribution in [0.4, 0.5) is 13.2 Å². The number of aldehydes is 1. The van der Waals surface area contributed by atoms with Gasteiger partial charge >= 0.3 is 6.36 Å². The zero-order valence-corrected chi connectivity index (χ0v) is 10.2. The van der Waals surface area contributed by atoms with Crippen molar-refractivity contribution in [1.29, 1.82) is 0 Å². The lowest BCUT2D eigenvalue weighted by Crippen LogP contribution is -2.17. The van der Waals surface area contributed by atoms with Crippen molar-refractivity contribution in [2.75, 3.05) is 7.11 Å². The number of halogens is 3. The van der Waals surface area contributed by atoms with Crippen LogP contribution in [-0.2, 0) is 0 Å². The highest BCUT2D eigenvalue weighted by molar-refractivity contribution is 5.78. The minimum atomic E-state index is -4.73. The molecule has 0 aliphatic carbocycles. The fraction of sp³-hybridized carbons (Fsp3) is 0.167. The van der Waals surface area contributed by atoms with Gasteiger partial charge in [-0.15, -0.1) is 18.3 Å². The molecule has 2 aromatic rings. The van der Waals surface area contributed by atoms with Crippen LogP contribution in [0.15, 0.2) is 30.5 Å². The molecule has 1 aromatic heterocycles. The van der Waals surface area contributed by atoms with Crippen LogP contribution in [0.1, 0.15) is 10.4 Å². The minimum absolute atomic E-state index is 0.135. The average Bonchev–Trinajstić information content (AvgIpc) is 2.81. The first-order chi connectivity index (χ1) is 9.43. The lowest BCUT2D eigenvalue weighted by atomic mass is 10.3. The van der Waals surface area contributed by atoms with Gasteiger partial charge in [0.25, 0.3) is 0 Å². The molecule has 0 bridgehead atoms. The van der Waals surface area contributed by atoms with E-state index in [1.165, 1.54) is 30.1 Å². The van der Waals surface area contributed by atoms with Crippen LogP contribution in [0.5, 0.6) is 11.6 Å². The molecule has 0 saturated carbocycles. The molecule has 1 heterocycles. The molecule has 1 aromatic carbocycles. The Bertz CT molecular complexity index is 605. The van der Waals surface area contributed by atoms with Gasteiger partial charge in [0, 0.05) is 6.20 Å². The molecule has 0 unspecified atom stereocenters. The predicted octanol–water partition coefficient (Wildman–Crippen LogP) is 2.59. The Morgan fingerprint density at radius 3 is 2.35 bits per heavy atom. The van der Waals surface area contributed by atoms with E-state index in [4.69, 9.17) is 4.74 Å². The number of carbonyl (C=O) groups is 1. The quantitative estimate of drug-likeness (QED) is 0.811. The number of rotatable bonds is 4. The Hall–Kier alpha value is -2.51. The van der Waals surface area contributed by atoms with Gasteiger partial charge in [-0.05, 0) is 24.3 Å². The first-order valence-electron chi connectivity index (χ1n) is 5.38. The summed E-state index contributed by atoms with van der Waals surface area (Å²) in [6.07, 6.45) is -2.75. The summed E-state index contributed by atoms with van der Waals surface area (Å²) in [6, 6.07) is 5.05. The molecule has 0 saturated heterocycles. The number of ether oxygens (including phenoxy) is 2. The summed E-state index contributed by atoms with van der Waals surface area (Å²) in [5, 5.41) is 3.97.